The fourth-order valence-electron chi connectivity index (χ4n) is 2.82. The van der Waals surface area contributed by atoms with Crippen LogP contribution in [0.15, 0.2) is 29.3 Å². The molecule has 0 spiro atoms. The molecule has 7 heteroatoms. The van der Waals surface area contributed by atoms with E-state index in [1.165, 1.54) is 15.9 Å². The van der Waals surface area contributed by atoms with Crippen molar-refractivity contribution in [3.63, 3.8) is 0 Å². The van der Waals surface area contributed by atoms with Gasteiger partial charge in [0.2, 0.25) is 5.88 Å². The third kappa shape index (κ3) is 3.43. The maximum absolute atomic E-state index is 11.6. The van der Waals surface area contributed by atoms with Crippen LogP contribution in [0.5, 0.6) is 5.88 Å². The Bertz CT molecular complexity index is 925. The summed E-state index contributed by atoms with van der Waals surface area (Å²) >= 11 is 6.53. The minimum atomic E-state index is -0.982. The van der Waals surface area contributed by atoms with Gasteiger partial charge in [-0.1, -0.05) is 38.0 Å². The molecule has 0 radical (unpaired) electrons. The Kier molecular flexibility index (Phi) is 5.15. The van der Waals surface area contributed by atoms with Gasteiger partial charge in [0, 0.05) is 17.4 Å². The van der Waals surface area contributed by atoms with E-state index in [1.54, 1.807) is 12.3 Å². The van der Waals surface area contributed by atoms with E-state index in [2.05, 4.69) is 4.99 Å². The summed E-state index contributed by atoms with van der Waals surface area (Å²) in [4.78, 5) is 16.5. The highest BCUT2D eigenvalue weighted by Gasteiger charge is 2.25. The summed E-state index contributed by atoms with van der Waals surface area (Å²) in [5.74, 6) is -1.08. The zero-order valence-corrected chi connectivity index (χ0v) is 15.3. The number of fused-ring (bicyclic) bond motifs is 1. The van der Waals surface area contributed by atoms with Crippen molar-refractivity contribution in [1.29, 1.82) is 0 Å². The molecular formula is C18H18N2O3S2. The van der Waals surface area contributed by atoms with Gasteiger partial charge in [-0.2, -0.15) is 0 Å². The molecule has 2 N–H and O–H groups in total. The number of carboxylic acids is 1. The number of unbranched alkanes of at least 4 members (excludes halogenated alkanes) is 1. The fourth-order valence-corrected chi connectivity index (χ4v) is 4.18. The molecule has 1 aliphatic rings. The summed E-state index contributed by atoms with van der Waals surface area (Å²) in [6.07, 6.45) is 5.62. The zero-order valence-electron chi connectivity index (χ0n) is 13.7. The number of para-hydroxylation sites is 1. The summed E-state index contributed by atoms with van der Waals surface area (Å²) in [5.41, 5.74) is 2.73. The number of carboxylic acid groups (broad SMARTS) is 1. The van der Waals surface area contributed by atoms with E-state index < -0.39 is 12.0 Å². The van der Waals surface area contributed by atoms with Gasteiger partial charge in [0.25, 0.3) is 0 Å². The van der Waals surface area contributed by atoms with Crippen molar-refractivity contribution in [2.45, 2.75) is 32.2 Å². The molecule has 0 saturated heterocycles. The first-order valence-corrected chi connectivity index (χ1v) is 9.27. The number of aliphatic carboxylic acids is 1. The molecule has 0 saturated carbocycles. The van der Waals surface area contributed by atoms with E-state index >= 15 is 0 Å². The quantitative estimate of drug-likeness (QED) is 0.693. The molecule has 1 aromatic carbocycles. The van der Waals surface area contributed by atoms with Crippen LogP contribution < -0.4 is 0 Å². The Balaban J connectivity index is 2.01. The van der Waals surface area contributed by atoms with Gasteiger partial charge in [0.15, 0.2) is 3.95 Å². The Hall–Kier alpha value is -2.25. The summed E-state index contributed by atoms with van der Waals surface area (Å²) in [5, 5.41) is 20.1. The minimum absolute atomic E-state index is 0.0937. The molecule has 0 bridgehead atoms. The number of carbonyl (C=O) groups is 1. The van der Waals surface area contributed by atoms with Crippen LogP contribution in [-0.2, 0) is 4.79 Å². The van der Waals surface area contributed by atoms with E-state index in [0.717, 1.165) is 29.7 Å². The van der Waals surface area contributed by atoms with Gasteiger partial charge >= 0.3 is 5.97 Å². The number of benzene rings is 1. The highest BCUT2D eigenvalue weighted by molar-refractivity contribution is 7.73. The number of hydrogen-bond acceptors (Lipinski definition) is 5. The molecule has 3 rings (SSSR count). The van der Waals surface area contributed by atoms with Gasteiger partial charge < -0.3 is 10.2 Å². The lowest BCUT2D eigenvalue weighted by molar-refractivity contribution is -0.141. The van der Waals surface area contributed by atoms with Crippen molar-refractivity contribution in [1.82, 2.24) is 4.57 Å². The molecule has 130 valence electrons. The normalized spacial score (nSPS) is 15.5. The second-order valence-electron chi connectivity index (χ2n) is 5.80. The van der Waals surface area contributed by atoms with Crippen LogP contribution in [0.3, 0.4) is 0 Å². The average Bonchev–Trinajstić information content (AvgIpc) is 3.11. The lowest BCUT2D eigenvalue weighted by atomic mass is 10.1. The van der Waals surface area contributed by atoms with Gasteiger partial charge in [-0.15, -0.1) is 11.3 Å². The predicted octanol–water partition coefficient (Wildman–Crippen LogP) is 5.06. The average molecular weight is 374 g/mol. The fraction of sp³-hybridized carbons (Fsp3) is 0.278. The molecule has 1 atom stereocenters. The monoisotopic (exact) mass is 374 g/mol. The highest BCUT2D eigenvalue weighted by atomic mass is 32.1. The zero-order chi connectivity index (χ0) is 18.0. The van der Waals surface area contributed by atoms with E-state index in [1.807, 2.05) is 31.2 Å². The highest BCUT2D eigenvalue weighted by Crippen LogP contribution is 2.37. The SMILES string of the molecule is CCCC[C@H](C(=O)O)n1c(O)c(/C=C2\C=Nc3ccccc32)sc1=S. The summed E-state index contributed by atoms with van der Waals surface area (Å²) in [7, 11) is 0. The van der Waals surface area contributed by atoms with Crippen molar-refractivity contribution in [3.05, 3.63) is 38.7 Å². The van der Waals surface area contributed by atoms with Crippen LogP contribution in [0.1, 0.15) is 42.7 Å². The molecule has 25 heavy (non-hydrogen) atoms. The number of aromatic nitrogens is 1. The smallest absolute Gasteiger partial charge is 0.326 e. The summed E-state index contributed by atoms with van der Waals surface area (Å²) in [6.45, 7) is 2.00. The van der Waals surface area contributed by atoms with Gasteiger partial charge in [-0.05, 0) is 30.8 Å². The maximum atomic E-state index is 11.6. The van der Waals surface area contributed by atoms with E-state index in [9.17, 15) is 15.0 Å². The Morgan fingerprint density at radius 1 is 1.44 bits per heavy atom. The summed E-state index contributed by atoms with van der Waals surface area (Å²) in [6, 6.07) is 6.88. The van der Waals surface area contributed by atoms with Gasteiger partial charge in [0.05, 0.1) is 10.6 Å². The number of rotatable bonds is 6. The van der Waals surface area contributed by atoms with Crippen LogP contribution >= 0.6 is 23.6 Å². The summed E-state index contributed by atoms with van der Waals surface area (Å²) < 4.78 is 1.71. The minimum Gasteiger partial charge on any atom is -0.493 e. The standard InChI is InChI=1S/C18H18N2O3S2/c1-2-3-8-14(17(22)23)20-16(21)15(25-18(20)24)9-11-10-19-13-7-5-4-6-12(11)13/h4-7,9-10,14,21H,2-3,8H2,1H3,(H,22,23)/b11-9+/t14-/m1/s1. The van der Waals surface area contributed by atoms with Crippen molar-refractivity contribution in [2.75, 3.05) is 0 Å². The van der Waals surface area contributed by atoms with E-state index in [4.69, 9.17) is 12.2 Å². The molecule has 5 nitrogen and oxygen atoms in total. The third-order valence-electron chi connectivity index (χ3n) is 4.11. The second-order valence-corrected chi connectivity index (χ2v) is 7.47. The Morgan fingerprint density at radius 3 is 2.92 bits per heavy atom. The van der Waals surface area contributed by atoms with Crippen molar-refractivity contribution in [3.8, 4) is 5.88 Å². The van der Waals surface area contributed by atoms with Crippen molar-refractivity contribution >= 4 is 53.1 Å². The molecule has 0 unspecified atom stereocenters. The third-order valence-corrected chi connectivity index (χ3v) is 5.45. The number of aliphatic imine (C=N–C) groups is 1. The first-order valence-electron chi connectivity index (χ1n) is 8.05. The Labute approximate surface area is 154 Å². The molecule has 0 aliphatic carbocycles. The molecule has 0 fully saturated rings. The number of nitrogens with zero attached hydrogens (tertiary/aromatic N) is 2. The predicted molar refractivity (Wildman–Crippen MR) is 103 cm³/mol. The first kappa shape index (κ1) is 17.6. The second kappa shape index (κ2) is 7.33. The van der Waals surface area contributed by atoms with E-state index in [0.29, 0.717) is 15.3 Å². The first-order chi connectivity index (χ1) is 12.0. The van der Waals surface area contributed by atoms with Crippen LogP contribution in [0.2, 0.25) is 0 Å². The van der Waals surface area contributed by atoms with Crippen LogP contribution in [0, 0.1) is 3.95 Å². The Morgan fingerprint density at radius 2 is 2.20 bits per heavy atom. The topological polar surface area (TPSA) is 74.8 Å². The molecule has 2 heterocycles. The lowest BCUT2D eigenvalue weighted by Crippen LogP contribution is -2.18. The van der Waals surface area contributed by atoms with Crippen LogP contribution in [0.4, 0.5) is 5.69 Å². The van der Waals surface area contributed by atoms with Crippen molar-refractivity contribution in [2.24, 2.45) is 4.99 Å². The van der Waals surface area contributed by atoms with Gasteiger partial charge in [0.1, 0.15) is 6.04 Å². The number of aromatic hydroxyl groups is 1. The van der Waals surface area contributed by atoms with Gasteiger partial charge in [-0.3, -0.25) is 9.56 Å². The van der Waals surface area contributed by atoms with E-state index in [-0.39, 0.29) is 5.88 Å². The maximum Gasteiger partial charge on any atom is 0.326 e. The van der Waals surface area contributed by atoms with Crippen LogP contribution in [0.25, 0.3) is 11.6 Å². The van der Waals surface area contributed by atoms with Gasteiger partial charge in [-0.25, -0.2) is 4.79 Å². The number of thiazole rings is 1. The molecule has 0 amide bonds. The largest absolute Gasteiger partial charge is 0.493 e. The molecule has 1 aliphatic heterocycles. The number of hydrogen-bond donors (Lipinski definition) is 2. The molecule has 1 aromatic heterocycles. The van der Waals surface area contributed by atoms with Crippen molar-refractivity contribution < 1.29 is 15.0 Å². The molecule has 2 aromatic rings. The van der Waals surface area contributed by atoms with Crippen LogP contribution in [-0.4, -0.2) is 27.0 Å². The number of allylic oxidation sites excluding steroid dienone is 1. The molecular weight excluding hydrogens is 356 g/mol. The lowest BCUT2D eigenvalue weighted by Gasteiger charge is -2.14.